The summed E-state index contributed by atoms with van der Waals surface area (Å²) in [6.45, 7) is 2.25. The summed E-state index contributed by atoms with van der Waals surface area (Å²) in [5.74, 6) is 2.14. The molecule has 8 heteroatoms. The number of hydrogen-bond donors (Lipinski definition) is 2. The van der Waals surface area contributed by atoms with Gasteiger partial charge in [-0.25, -0.2) is 4.39 Å². The number of carbonyl (C=O) groups is 1. The number of aromatic nitrogens is 2. The molecule has 5 rings (SSSR count). The van der Waals surface area contributed by atoms with Gasteiger partial charge in [0.15, 0.2) is 5.82 Å². The zero-order valence-electron chi connectivity index (χ0n) is 20.3. The maximum Gasteiger partial charge on any atom is 0.233 e. The molecule has 0 spiro atoms. The maximum atomic E-state index is 14.5. The summed E-state index contributed by atoms with van der Waals surface area (Å²) in [4.78, 5) is 12.5. The number of fused-ring (bicyclic) bond motifs is 5. The standard InChI is InChI=1S/C27H33FN4O3/c1-27-14-13-18-17-6-4-7-21(28)19(17)9-10-20(18)26(27)16(15-22(27)32-34)5-3-8-24(33)29-23-11-12-25(35-2)31-30-23/h4,6-7,11-12,16,18,20,26,34H,3,5,8-10,13-15H2,1-2H3,(H,29,30,33)/b32-22+/t16-,18?,20?,26?,27-/m1/s1. The van der Waals surface area contributed by atoms with Crippen molar-refractivity contribution in [3.05, 3.63) is 47.3 Å². The smallest absolute Gasteiger partial charge is 0.233 e. The van der Waals surface area contributed by atoms with Crippen LogP contribution < -0.4 is 10.1 Å². The molecular formula is C27H33FN4O3. The minimum Gasteiger partial charge on any atom is -0.480 e. The lowest BCUT2D eigenvalue weighted by Gasteiger charge is -2.50. The molecule has 1 aromatic carbocycles. The Kier molecular flexibility index (Phi) is 6.47. The highest BCUT2D eigenvalue weighted by molar-refractivity contribution is 5.92. The van der Waals surface area contributed by atoms with Crippen molar-refractivity contribution in [2.24, 2.45) is 28.3 Å². The van der Waals surface area contributed by atoms with Gasteiger partial charge in [-0.1, -0.05) is 24.2 Å². The van der Waals surface area contributed by atoms with Crippen LogP contribution >= 0.6 is 0 Å². The Morgan fingerprint density at radius 2 is 2.14 bits per heavy atom. The number of nitrogens with one attached hydrogen (secondary N) is 1. The Morgan fingerprint density at radius 1 is 1.29 bits per heavy atom. The van der Waals surface area contributed by atoms with E-state index in [4.69, 9.17) is 4.74 Å². The Labute approximate surface area is 205 Å². The molecule has 1 aromatic heterocycles. The fraction of sp³-hybridized carbons (Fsp3) is 0.556. The van der Waals surface area contributed by atoms with Crippen LogP contribution in [0.3, 0.4) is 0 Å². The Morgan fingerprint density at radius 3 is 2.89 bits per heavy atom. The number of nitrogens with zero attached hydrogens (tertiary/aromatic N) is 3. The van der Waals surface area contributed by atoms with Gasteiger partial charge in [-0.15, -0.1) is 10.2 Å². The van der Waals surface area contributed by atoms with Crippen LogP contribution in [0.2, 0.25) is 0 Å². The van der Waals surface area contributed by atoms with Crippen molar-refractivity contribution >= 4 is 17.4 Å². The highest BCUT2D eigenvalue weighted by Crippen LogP contribution is 2.62. The van der Waals surface area contributed by atoms with E-state index < -0.39 is 0 Å². The average Bonchev–Trinajstić information content (AvgIpc) is 3.16. The van der Waals surface area contributed by atoms with Crippen LogP contribution in [0.5, 0.6) is 5.88 Å². The number of halogens is 1. The lowest BCUT2D eigenvalue weighted by atomic mass is 9.54. The number of hydrogen-bond acceptors (Lipinski definition) is 6. The predicted molar refractivity (Wildman–Crippen MR) is 130 cm³/mol. The first kappa shape index (κ1) is 23.7. The monoisotopic (exact) mass is 480 g/mol. The molecule has 186 valence electrons. The molecule has 2 fully saturated rings. The van der Waals surface area contributed by atoms with Gasteiger partial charge in [0.2, 0.25) is 11.8 Å². The zero-order chi connectivity index (χ0) is 24.6. The molecule has 1 heterocycles. The molecule has 3 aliphatic rings. The first-order chi connectivity index (χ1) is 16.9. The van der Waals surface area contributed by atoms with Crippen LogP contribution in [-0.2, 0) is 11.2 Å². The van der Waals surface area contributed by atoms with E-state index in [0.717, 1.165) is 56.2 Å². The van der Waals surface area contributed by atoms with E-state index in [2.05, 4.69) is 33.7 Å². The molecule has 2 aromatic rings. The highest BCUT2D eigenvalue weighted by Gasteiger charge is 2.57. The fourth-order valence-corrected chi connectivity index (χ4v) is 7.30. The minimum absolute atomic E-state index is 0.0811. The van der Waals surface area contributed by atoms with Crippen molar-refractivity contribution < 1.29 is 19.1 Å². The van der Waals surface area contributed by atoms with Crippen molar-refractivity contribution in [3.8, 4) is 5.88 Å². The van der Waals surface area contributed by atoms with Gasteiger partial charge in [0.05, 0.1) is 12.8 Å². The summed E-state index contributed by atoms with van der Waals surface area (Å²) in [5, 5.41) is 24.2. The quantitative estimate of drug-likeness (QED) is 0.429. The second-order valence-electron chi connectivity index (χ2n) is 10.5. The second kappa shape index (κ2) is 9.55. The van der Waals surface area contributed by atoms with Gasteiger partial charge in [0.1, 0.15) is 5.82 Å². The summed E-state index contributed by atoms with van der Waals surface area (Å²) in [7, 11) is 1.52. The summed E-state index contributed by atoms with van der Waals surface area (Å²) < 4.78 is 19.5. The van der Waals surface area contributed by atoms with E-state index in [9.17, 15) is 14.4 Å². The van der Waals surface area contributed by atoms with E-state index in [1.165, 1.54) is 12.7 Å². The normalized spacial score (nSPS) is 30.3. The molecule has 2 N–H and O–H groups in total. The van der Waals surface area contributed by atoms with Gasteiger partial charge >= 0.3 is 0 Å². The number of rotatable bonds is 6. The topological polar surface area (TPSA) is 96.7 Å². The highest BCUT2D eigenvalue weighted by atomic mass is 19.1. The maximum absolute atomic E-state index is 14.5. The van der Waals surface area contributed by atoms with E-state index >= 15 is 0 Å². The zero-order valence-corrected chi connectivity index (χ0v) is 20.3. The van der Waals surface area contributed by atoms with Crippen LogP contribution in [0, 0.1) is 29.0 Å². The molecular weight excluding hydrogens is 447 g/mol. The average molecular weight is 481 g/mol. The van der Waals surface area contributed by atoms with Gasteiger partial charge in [-0.2, -0.15) is 0 Å². The summed E-state index contributed by atoms with van der Waals surface area (Å²) in [6.07, 6.45) is 6.45. The summed E-state index contributed by atoms with van der Waals surface area (Å²) in [5.41, 5.74) is 2.83. The summed E-state index contributed by atoms with van der Waals surface area (Å²) in [6, 6.07) is 8.84. The molecule has 1 amide bonds. The fourth-order valence-electron chi connectivity index (χ4n) is 7.30. The number of benzene rings is 1. The Hall–Kier alpha value is -3.03. The lowest BCUT2D eigenvalue weighted by Crippen LogP contribution is -2.44. The summed E-state index contributed by atoms with van der Waals surface area (Å²) >= 11 is 0. The second-order valence-corrected chi connectivity index (χ2v) is 10.5. The molecule has 0 bridgehead atoms. The number of methoxy groups -OCH3 is 1. The molecule has 0 aliphatic heterocycles. The Balaban J connectivity index is 1.27. The number of amides is 1. The number of anilines is 1. The SMILES string of the molecule is COc1ccc(NC(=O)CCC[C@@H]2C/C(=N\O)[C@@]3(C)CCC4c5cccc(F)c5CCC4C23)nn1. The van der Waals surface area contributed by atoms with E-state index in [0.29, 0.717) is 41.8 Å². The largest absolute Gasteiger partial charge is 0.480 e. The number of ether oxygens (including phenoxy) is 1. The molecule has 3 aliphatic carbocycles. The van der Waals surface area contributed by atoms with Crippen LogP contribution in [-0.4, -0.2) is 34.1 Å². The van der Waals surface area contributed by atoms with Crippen molar-refractivity contribution in [2.75, 3.05) is 12.4 Å². The van der Waals surface area contributed by atoms with Crippen LogP contribution in [0.1, 0.15) is 68.9 Å². The lowest BCUT2D eigenvalue weighted by molar-refractivity contribution is -0.116. The van der Waals surface area contributed by atoms with Gasteiger partial charge in [-0.3, -0.25) is 4.79 Å². The van der Waals surface area contributed by atoms with Crippen LogP contribution in [0.25, 0.3) is 0 Å². The van der Waals surface area contributed by atoms with Gasteiger partial charge < -0.3 is 15.3 Å². The van der Waals surface area contributed by atoms with Crippen molar-refractivity contribution in [1.29, 1.82) is 0 Å². The molecule has 35 heavy (non-hydrogen) atoms. The molecule has 2 saturated carbocycles. The first-order valence-electron chi connectivity index (χ1n) is 12.6. The predicted octanol–water partition coefficient (Wildman–Crippen LogP) is 5.35. The number of carbonyl (C=O) groups excluding carboxylic acids is 1. The third-order valence-corrected chi connectivity index (χ3v) is 8.81. The minimum atomic E-state index is -0.133. The van der Waals surface area contributed by atoms with Gasteiger partial charge in [0, 0.05) is 17.9 Å². The molecule has 3 unspecified atom stereocenters. The van der Waals surface area contributed by atoms with E-state index in [-0.39, 0.29) is 17.1 Å². The molecule has 7 nitrogen and oxygen atoms in total. The van der Waals surface area contributed by atoms with Crippen molar-refractivity contribution in [3.63, 3.8) is 0 Å². The first-order valence-corrected chi connectivity index (χ1v) is 12.6. The van der Waals surface area contributed by atoms with E-state index in [1.807, 2.05) is 6.07 Å². The van der Waals surface area contributed by atoms with Crippen molar-refractivity contribution in [2.45, 2.75) is 64.2 Å². The third kappa shape index (κ3) is 4.28. The Bertz CT molecular complexity index is 1120. The van der Waals surface area contributed by atoms with Gasteiger partial charge in [-0.05, 0) is 91.9 Å². The van der Waals surface area contributed by atoms with Gasteiger partial charge in [0.25, 0.3) is 0 Å². The molecule has 5 atom stereocenters. The third-order valence-electron chi connectivity index (χ3n) is 8.81. The number of oxime groups is 1. The van der Waals surface area contributed by atoms with E-state index in [1.54, 1.807) is 18.2 Å². The van der Waals surface area contributed by atoms with Crippen LogP contribution in [0.4, 0.5) is 10.2 Å². The molecule has 0 radical (unpaired) electrons. The molecule has 0 saturated heterocycles. The van der Waals surface area contributed by atoms with Crippen molar-refractivity contribution in [1.82, 2.24) is 10.2 Å². The van der Waals surface area contributed by atoms with Crippen LogP contribution in [0.15, 0.2) is 35.5 Å².